The van der Waals surface area contributed by atoms with Crippen LogP contribution in [0.1, 0.15) is 17.0 Å². The first-order valence-corrected chi connectivity index (χ1v) is 8.26. The minimum Gasteiger partial charge on any atom is -0.395 e. The molecule has 0 aliphatic carbocycles. The summed E-state index contributed by atoms with van der Waals surface area (Å²) >= 11 is 0. The van der Waals surface area contributed by atoms with Crippen LogP contribution >= 0.6 is 0 Å². The summed E-state index contributed by atoms with van der Waals surface area (Å²) in [4.78, 5) is 6.74. The highest BCUT2D eigenvalue weighted by molar-refractivity contribution is 5.16. The number of benzene rings is 2. The van der Waals surface area contributed by atoms with Crippen molar-refractivity contribution in [1.82, 2.24) is 14.5 Å². The first-order valence-electron chi connectivity index (χ1n) is 8.26. The van der Waals surface area contributed by atoms with Gasteiger partial charge in [-0.15, -0.1) is 0 Å². The Balaban J connectivity index is 1.70. The van der Waals surface area contributed by atoms with Gasteiger partial charge in [-0.2, -0.15) is 0 Å². The molecule has 0 amide bonds. The molecule has 0 saturated heterocycles. The second kappa shape index (κ2) is 8.43. The van der Waals surface area contributed by atoms with Crippen LogP contribution in [0.4, 0.5) is 0 Å². The molecule has 0 atom stereocenters. The average molecular weight is 321 g/mol. The van der Waals surface area contributed by atoms with Gasteiger partial charge in [0, 0.05) is 32.0 Å². The van der Waals surface area contributed by atoms with E-state index in [1.165, 1.54) is 11.1 Å². The van der Waals surface area contributed by atoms with Crippen molar-refractivity contribution in [3.63, 3.8) is 0 Å². The van der Waals surface area contributed by atoms with Crippen LogP contribution in [0.15, 0.2) is 73.1 Å². The zero-order chi connectivity index (χ0) is 16.6. The lowest BCUT2D eigenvalue weighted by Crippen LogP contribution is -2.27. The number of nitrogens with zero attached hydrogens (tertiary/aromatic N) is 3. The Bertz CT molecular complexity index is 725. The molecule has 1 heterocycles. The third kappa shape index (κ3) is 4.54. The van der Waals surface area contributed by atoms with Crippen LogP contribution in [0, 0.1) is 0 Å². The number of rotatable bonds is 8. The zero-order valence-electron chi connectivity index (χ0n) is 13.8. The third-order valence-electron chi connectivity index (χ3n) is 4.03. The summed E-state index contributed by atoms with van der Waals surface area (Å²) in [7, 11) is 0. The summed E-state index contributed by atoms with van der Waals surface area (Å²) in [5.74, 6) is 1.02. The van der Waals surface area contributed by atoms with Crippen LogP contribution in [0.5, 0.6) is 0 Å². The Morgan fingerprint density at radius 2 is 1.54 bits per heavy atom. The molecule has 1 aromatic heterocycles. The van der Waals surface area contributed by atoms with Crippen molar-refractivity contribution in [2.45, 2.75) is 19.6 Å². The molecule has 1 N–H and O–H groups in total. The van der Waals surface area contributed by atoms with Crippen molar-refractivity contribution < 1.29 is 5.11 Å². The Kier molecular flexibility index (Phi) is 5.77. The van der Waals surface area contributed by atoms with Crippen molar-refractivity contribution >= 4 is 0 Å². The van der Waals surface area contributed by atoms with Gasteiger partial charge in [0.25, 0.3) is 0 Å². The molecule has 0 unspecified atom stereocenters. The smallest absolute Gasteiger partial charge is 0.123 e. The van der Waals surface area contributed by atoms with Gasteiger partial charge in [0.05, 0.1) is 13.2 Å². The van der Waals surface area contributed by atoms with Crippen molar-refractivity contribution in [3.8, 4) is 0 Å². The van der Waals surface area contributed by atoms with Gasteiger partial charge in [-0.1, -0.05) is 60.7 Å². The SMILES string of the molecule is OCCN(Cc1ccccc1)Cc1nccn1Cc1ccccc1. The molecular weight excluding hydrogens is 298 g/mol. The van der Waals surface area contributed by atoms with E-state index in [0.29, 0.717) is 6.54 Å². The summed E-state index contributed by atoms with van der Waals surface area (Å²) < 4.78 is 2.17. The van der Waals surface area contributed by atoms with E-state index in [-0.39, 0.29) is 6.61 Å². The van der Waals surface area contributed by atoms with Gasteiger partial charge < -0.3 is 9.67 Å². The molecule has 3 rings (SSSR count). The normalized spacial score (nSPS) is 11.1. The molecule has 0 spiro atoms. The highest BCUT2D eigenvalue weighted by Crippen LogP contribution is 2.11. The highest BCUT2D eigenvalue weighted by atomic mass is 16.3. The Morgan fingerprint density at radius 1 is 0.875 bits per heavy atom. The maximum atomic E-state index is 9.38. The fraction of sp³-hybridized carbons (Fsp3) is 0.250. The third-order valence-corrected chi connectivity index (χ3v) is 4.03. The van der Waals surface area contributed by atoms with Crippen LogP contribution in [0.3, 0.4) is 0 Å². The molecule has 0 saturated carbocycles. The van der Waals surface area contributed by atoms with E-state index in [1.807, 2.05) is 36.7 Å². The summed E-state index contributed by atoms with van der Waals surface area (Å²) in [6.07, 6.45) is 3.86. The number of hydrogen-bond acceptors (Lipinski definition) is 3. The molecule has 0 bridgehead atoms. The van der Waals surface area contributed by atoms with Crippen molar-refractivity contribution in [2.24, 2.45) is 0 Å². The van der Waals surface area contributed by atoms with Crippen LogP contribution in [0.2, 0.25) is 0 Å². The van der Waals surface area contributed by atoms with Gasteiger partial charge in [-0.05, 0) is 11.1 Å². The molecule has 24 heavy (non-hydrogen) atoms. The van der Waals surface area contributed by atoms with Crippen molar-refractivity contribution in [1.29, 1.82) is 0 Å². The number of imidazole rings is 1. The number of aliphatic hydroxyl groups is 1. The number of aromatic nitrogens is 2. The van der Waals surface area contributed by atoms with E-state index in [4.69, 9.17) is 0 Å². The van der Waals surface area contributed by atoms with Crippen molar-refractivity contribution in [3.05, 3.63) is 90.0 Å². The number of aliphatic hydroxyl groups excluding tert-OH is 1. The van der Waals surface area contributed by atoms with Gasteiger partial charge in [-0.25, -0.2) is 4.98 Å². The molecule has 3 aromatic rings. The second-order valence-electron chi connectivity index (χ2n) is 5.88. The van der Waals surface area contributed by atoms with E-state index in [9.17, 15) is 5.11 Å². The quantitative estimate of drug-likeness (QED) is 0.693. The van der Waals surface area contributed by atoms with Crippen LogP contribution in [-0.2, 0) is 19.6 Å². The Morgan fingerprint density at radius 3 is 2.21 bits per heavy atom. The van der Waals surface area contributed by atoms with Crippen LogP contribution in [-0.4, -0.2) is 32.7 Å². The predicted molar refractivity (Wildman–Crippen MR) is 95.4 cm³/mol. The maximum absolute atomic E-state index is 9.38. The molecule has 4 heteroatoms. The molecule has 0 fully saturated rings. The lowest BCUT2D eigenvalue weighted by atomic mass is 10.2. The van der Waals surface area contributed by atoms with Gasteiger partial charge in [0.1, 0.15) is 5.82 Å². The van der Waals surface area contributed by atoms with E-state index in [2.05, 4.69) is 50.8 Å². The predicted octanol–water partition coefficient (Wildman–Crippen LogP) is 2.93. The monoisotopic (exact) mass is 321 g/mol. The van der Waals surface area contributed by atoms with E-state index >= 15 is 0 Å². The molecule has 4 nitrogen and oxygen atoms in total. The molecule has 2 aromatic carbocycles. The Labute approximate surface area is 143 Å². The summed E-state index contributed by atoms with van der Waals surface area (Å²) in [6.45, 7) is 3.11. The van der Waals surface area contributed by atoms with Crippen molar-refractivity contribution in [2.75, 3.05) is 13.2 Å². The second-order valence-corrected chi connectivity index (χ2v) is 5.88. The summed E-state index contributed by atoms with van der Waals surface area (Å²) in [5, 5.41) is 9.38. The fourth-order valence-electron chi connectivity index (χ4n) is 2.81. The van der Waals surface area contributed by atoms with E-state index < -0.39 is 0 Å². The van der Waals surface area contributed by atoms with Gasteiger partial charge in [0.15, 0.2) is 0 Å². The molecule has 0 aliphatic rings. The van der Waals surface area contributed by atoms with E-state index in [0.717, 1.165) is 25.5 Å². The zero-order valence-corrected chi connectivity index (χ0v) is 13.8. The largest absolute Gasteiger partial charge is 0.395 e. The van der Waals surface area contributed by atoms with Gasteiger partial charge >= 0.3 is 0 Å². The van der Waals surface area contributed by atoms with Crippen LogP contribution < -0.4 is 0 Å². The van der Waals surface area contributed by atoms with Gasteiger partial charge in [-0.3, -0.25) is 4.90 Å². The highest BCUT2D eigenvalue weighted by Gasteiger charge is 2.11. The minimum atomic E-state index is 0.145. The molecule has 124 valence electrons. The topological polar surface area (TPSA) is 41.3 Å². The minimum absolute atomic E-state index is 0.145. The average Bonchev–Trinajstić information content (AvgIpc) is 3.04. The first-order chi connectivity index (χ1) is 11.8. The molecule has 0 radical (unpaired) electrons. The summed E-state index contributed by atoms with van der Waals surface area (Å²) in [5.41, 5.74) is 2.50. The Hall–Kier alpha value is -2.43. The van der Waals surface area contributed by atoms with E-state index in [1.54, 1.807) is 0 Å². The lowest BCUT2D eigenvalue weighted by molar-refractivity contribution is 0.180. The van der Waals surface area contributed by atoms with Gasteiger partial charge in [0.2, 0.25) is 0 Å². The molecular formula is C20H23N3O. The first kappa shape index (κ1) is 16.4. The maximum Gasteiger partial charge on any atom is 0.123 e. The summed E-state index contributed by atoms with van der Waals surface area (Å²) in [6, 6.07) is 20.7. The standard InChI is InChI=1S/C20H23N3O/c24-14-13-22(15-18-7-3-1-4-8-18)17-20-21-11-12-23(20)16-19-9-5-2-6-10-19/h1-12,24H,13-17H2. The number of hydrogen-bond donors (Lipinski definition) is 1. The molecule has 0 aliphatic heterocycles. The van der Waals surface area contributed by atoms with Crippen LogP contribution in [0.25, 0.3) is 0 Å². The lowest BCUT2D eigenvalue weighted by Gasteiger charge is -2.21. The fourth-order valence-corrected chi connectivity index (χ4v) is 2.81.